The zero-order valence-corrected chi connectivity index (χ0v) is 21.1. The van der Waals surface area contributed by atoms with Gasteiger partial charge in [0.25, 0.3) is 0 Å². The van der Waals surface area contributed by atoms with Gasteiger partial charge in [0.05, 0.1) is 40.9 Å². The van der Waals surface area contributed by atoms with Gasteiger partial charge < -0.3 is 19.6 Å². The molecule has 0 spiro atoms. The Kier molecular flexibility index (Phi) is 6.67. The first kappa shape index (κ1) is 23.8. The van der Waals surface area contributed by atoms with E-state index in [1.165, 1.54) is 18.6 Å². The highest BCUT2D eigenvalue weighted by Crippen LogP contribution is 2.43. The van der Waals surface area contributed by atoms with Crippen LogP contribution in [0, 0.1) is 5.82 Å². The monoisotopic (exact) mass is 493 g/mol. The summed E-state index contributed by atoms with van der Waals surface area (Å²) >= 11 is 0. The van der Waals surface area contributed by atoms with Crippen LogP contribution in [0.4, 0.5) is 10.1 Å². The number of likely N-dealkylation sites (tertiary alicyclic amines) is 1. The molecule has 0 amide bonds. The number of aliphatic hydroxyl groups excluding tert-OH is 1. The van der Waals surface area contributed by atoms with Crippen LogP contribution in [0.1, 0.15) is 62.3 Å². The number of hydrogen-bond donors (Lipinski definition) is 1. The third-order valence-electron chi connectivity index (χ3n) is 8.55. The Morgan fingerprint density at radius 3 is 2.33 bits per heavy atom. The van der Waals surface area contributed by atoms with Crippen LogP contribution in [-0.4, -0.2) is 70.2 Å². The summed E-state index contributed by atoms with van der Waals surface area (Å²) in [5, 5.41) is 16.2. The van der Waals surface area contributed by atoms with Crippen LogP contribution in [0.5, 0.6) is 0 Å². The molecular formula is C28H36FN5O2. The molecule has 2 aliphatic heterocycles. The van der Waals surface area contributed by atoms with Crippen molar-refractivity contribution in [3.63, 3.8) is 0 Å². The molecule has 4 heterocycles. The van der Waals surface area contributed by atoms with Crippen molar-refractivity contribution in [3.05, 3.63) is 47.5 Å². The molecule has 8 heteroatoms. The molecule has 1 aromatic carbocycles. The molecule has 0 bridgehead atoms. The van der Waals surface area contributed by atoms with Crippen molar-refractivity contribution in [1.29, 1.82) is 0 Å². The fourth-order valence-electron chi connectivity index (χ4n) is 6.18. The standard InChI is InChI=1S/C28H36FN5O2/c1-36-24-11-15-32(16-12-24)22-9-13-33(14-10-22)25-17-21(18-35)30-28-26(25)27(19-3-2-4-19)31-34(28)23-7-5-20(29)6-8-23/h5-8,17,19,22,24,35H,2-4,9-16,18H2,1H3. The summed E-state index contributed by atoms with van der Waals surface area (Å²) < 4.78 is 21.1. The molecule has 1 saturated carbocycles. The summed E-state index contributed by atoms with van der Waals surface area (Å²) in [6, 6.07) is 9.09. The van der Waals surface area contributed by atoms with Crippen LogP contribution in [-0.2, 0) is 11.3 Å². The number of aliphatic hydroxyl groups is 1. The number of pyridine rings is 1. The van der Waals surface area contributed by atoms with Crippen LogP contribution < -0.4 is 4.90 Å². The van der Waals surface area contributed by atoms with Crippen molar-refractivity contribution in [3.8, 4) is 5.69 Å². The first-order valence-corrected chi connectivity index (χ1v) is 13.5. The highest BCUT2D eigenvalue weighted by atomic mass is 19.1. The largest absolute Gasteiger partial charge is 0.390 e. The van der Waals surface area contributed by atoms with Crippen molar-refractivity contribution in [2.24, 2.45) is 0 Å². The third-order valence-corrected chi connectivity index (χ3v) is 8.55. The average Bonchev–Trinajstić information content (AvgIpc) is 3.26. The normalized spacial score (nSPS) is 20.8. The maximum Gasteiger partial charge on any atom is 0.165 e. The van der Waals surface area contributed by atoms with Crippen LogP contribution in [0.2, 0.25) is 0 Å². The van der Waals surface area contributed by atoms with Gasteiger partial charge in [0.2, 0.25) is 0 Å². The molecule has 0 unspecified atom stereocenters. The van der Waals surface area contributed by atoms with Gasteiger partial charge in [-0.3, -0.25) is 0 Å². The summed E-state index contributed by atoms with van der Waals surface area (Å²) in [5.41, 5.74) is 4.42. The number of halogens is 1. The van der Waals surface area contributed by atoms with Crippen LogP contribution in [0.3, 0.4) is 0 Å². The molecule has 2 saturated heterocycles. The minimum absolute atomic E-state index is 0.124. The molecule has 0 radical (unpaired) electrons. The van der Waals surface area contributed by atoms with E-state index in [4.69, 9.17) is 14.8 Å². The summed E-state index contributed by atoms with van der Waals surface area (Å²) in [5.74, 6) is 0.155. The van der Waals surface area contributed by atoms with Gasteiger partial charge in [0.15, 0.2) is 5.65 Å². The second-order valence-electron chi connectivity index (χ2n) is 10.6. The van der Waals surface area contributed by atoms with Gasteiger partial charge >= 0.3 is 0 Å². The quantitative estimate of drug-likeness (QED) is 0.549. The van der Waals surface area contributed by atoms with E-state index < -0.39 is 0 Å². The summed E-state index contributed by atoms with van der Waals surface area (Å²) in [7, 11) is 1.82. The molecule has 7 nitrogen and oxygen atoms in total. The van der Waals surface area contributed by atoms with Crippen LogP contribution in [0.25, 0.3) is 16.7 Å². The highest BCUT2D eigenvalue weighted by Gasteiger charge is 2.32. The molecule has 192 valence electrons. The zero-order chi connectivity index (χ0) is 24.6. The molecule has 3 fully saturated rings. The first-order chi connectivity index (χ1) is 17.6. The van der Waals surface area contributed by atoms with E-state index in [-0.39, 0.29) is 12.4 Å². The van der Waals surface area contributed by atoms with Crippen molar-refractivity contribution >= 4 is 16.7 Å². The minimum Gasteiger partial charge on any atom is -0.390 e. The second kappa shape index (κ2) is 10.1. The van der Waals surface area contributed by atoms with Gasteiger partial charge in [0, 0.05) is 45.2 Å². The lowest BCUT2D eigenvalue weighted by atomic mass is 9.82. The third kappa shape index (κ3) is 4.40. The number of piperidine rings is 2. The SMILES string of the molecule is COC1CCN(C2CCN(c3cc(CO)nc4c3c(C3CCC3)nn4-c3ccc(F)cc3)CC2)CC1. The maximum absolute atomic E-state index is 13.6. The predicted octanol–water partition coefficient (Wildman–Crippen LogP) is 4.40. The Morgan fingerprint density at radius 2 is 1.72 bits per heavy atom. The van der Waals surface area contributed by atoms with Crippen molar-refractivity contribution in [2.45, 2.75) is 69.6 Å². The lowest BCUT2D eigenvalue weighted by molar-refractivity contribution is 0.0233. The molecular weight excluding hydrogens is 457 g/mol. The fourth-order valence-corrected chi connectivity index (χ4v) is 6.18. The highest BCUT2D eigenvalue weighted by molar-refractivity contribution is 5.94. The Hall–Kier alpha value is -2.55. The van der Waals surface area contributed by atoms with Gasteiger partial charge in [-0.25, -0.2) is 14.1 Å². The predicted molar refractivity (Wildman–Crippen MR) is 138 cm³/mol. The molecule has 3 aromatic rings. The van der Waals surface area contributed by atoms with Gasteiger partial charge in [-0.05, 0) is 68.9 Å². The van der Waals surface area contributed by atoms with Crippen molar-refractivity contribution < 1.29 is 14.2 Å². The molecule has 6 rings (SSSR count). The maximum atomic E-state index is 13.6. The number of fused-ring (bicyclic) bond motifs is 1. The van der Waals surface area contributed by atoms with Gasteiger partial charge in [-0.15, -0.1) is 0 Å². The summed E-state index contributed by atoms with van der Waals surface area (Å²) in [6.45, 7) is 4.07. The van der Waals surface area contributed by atoms with E-state index in [0.29, 0.717) is 23.8 Å². The number of nitrogens with zero attached hydrogens (tertiary/aromatic N) is 5. The molecule has 0 atom stereocenters. The minimum atomic E-state index is -0.270. The zero-order valence-electron chi connectivity index (χ0n) is 21.1. The number of anilines is 1. The van der Waals surface area contributed by atoms with E-state index in [0.717, 1.165) is 92.8 Å². The molecule has 2 aromatic heterocycles. The number of aromatic nitrogens is 3. The van der Waals surface area contributed by atoms with Gasteiger partial charge in [-0.1, -0.05) is 6.42 Å². The van der Waals surface area contributed by atoms with Crippen LogP contribution >= 0.6 is 0 Å². The van der Waals surface area contributed by atoms with Crippen molar-refractivity contribution in [1.82, 2.24) is 19.7 Å². The Bertz CT molecular complexity index is 1190. The van der Waals surface area contributed by atoms with E-state index in [2.05, 4.69) is 15.9 Å². The average molecular weight is 494 g/mol. The van der Waals surface area contributed by atoms with Crippen molar-refractivity contribution in [2.75, 3.05) is 38.2 Å². The smallest absolute Gasteiger partial charge is 0.165 e. The van der Waals surface area contributed by atoms with E-state index in [1.807, 2.05) is 11.8 Å². The molecule has 1 aliphatic carbocycles. The number of hydrogen-bond acceptors (Lipinski definition) is 6. The van der Waals surface area contributed by atoms with E-state index >= 15 is 0 Å². The lowest BCUT2D eigenvalue weighted by Crippen LogP contribution is -2.48. The topological polar surface area (TPSA) is 66.7 Å². The van der Waals surface area contributed by atoms with E-state index in [1.54, 1.807) is 12.1 Å². The molecule has 36 heavy (non-hydrogen) atoms. The second-order valence-corrected chi connectivity index (χ2v) is 10.6. The Balaban J connectivity index is 1.33. The van der Waals surface area contributed by atoms with E-state index in [9.17, 15) is 9.50 Å². The Morgan fingerprint density at radius 1 is 1.00 bits per heavy atom. The van der Waals surface area contributed by atoms with Gasteiger partial charge in [-0.2, -0.15) is 5.10 Å². The Labute approximate surface area is 211 Å². The number of rotatable bonds is 6. The van der Waals surface area contributed by atoms with Gasteiger partial charge in [0.1, 0.15) is 5.82 Å². The van der Waals surface area contributed by atoms with Crippen LogP contribution in [0.15, 0.2) is 30.3 Å². The number of ether oxygens (including phenoxy) is 1. The molecule has 3 aliphatic rings. The number of methoxy groups -OCH3 is 1. The lowest BCUT2D eigenvalue weighted by Gasteiger charge is -2.42. The fraction of sp³-hybridized carbons (Fsp3) is 0.571. The summed E-state index contributed by atoms with van der Waals surface area (Å²) in [4.78, 5) is 9.95. The molecule has 1 N–H and O–H groups in total. The first-order valence-electron chi connectivity index (χ1n) is 13.5. The number of benzene rings is 1. The summed E-state index contributed by atoms with van der Waals surface area (Å²) in [6.07, 6.45) is 8.39.